The van der Waals surface area contributed by atoms with Gasteiger partial charge in [0.05, 0.1) is 5.52 Å². The molecule has 0 fully saturated rings. The molecule has 17 heavy (non-hydrogen) atoms. The normalized spacial score (nSPS) is 11.1. The summed E-state index contributed by atoms with van der Waals surface area (Å²) in [5, 5.41) is 1.08. The van der Waals surface area contributed by atoms with Crippen molar-refractivity contribution in [3.05, 3.63) is 30.1 Å². The minimum absolute atomic E-state index is 0.648. The molecule has 0 aliphatic rings. The van der Waals surface area contributed by atoms with Gasteiger partial charge in [0.1, 0.15) is 6.61 Å². The van der Waals surface area contributed by atoms with E-state index in [4.69, 9.17) is 4.74 Å². The summed E-state index contributed by atoms with van der Waals surface area (Å²) in [6, 6.07) is 5.81. The van der Waals surface area contributed by atoms with E-state index in [2.05, 4.69) is 14.9 Å². The van der Waals surface area contributed by atoms with E-state index in [-0.39, 0.29) is 0 Å². The van der Waals surface area contributed by atoms with Crippen molar-refractivity contribution in [3.63, 3.8) is 0 Å². The molecule has 0 N–H and O–H groups in total. The van der Waals surface area contributed by atoms with Crippen LogP contribution in [0.4, 0.5) is 0 Å². The molecule has 2 rings (SSSR count). The molecule has 0 unspecified atom stereocenters. The van der Waals surface area contributed by atoms with Gasteiger partial charge in [0, 0.05) is 29.9 Å². The van der Waals surface area contributed by atoms with Crippen LogP contribution in [-0.2, 0) is 0 Å². The fourth-order valence-corrected chi connectivity index (χ4v) is 1.59. The van der Waals surface area contributed by atoms with Crippen molar-refractivity contribution in [2.75, 3.05) is 27.2 Å². The Bertz CT molecular complexity index is 511. The smallest absolute Gasteiger partial charge is 0.213 e. The first kappa shape index (κ1) is 11.8. The third-order valence-electron chi connectivity index (χ3n) is 2.58. The van der Waals surface area contributed by atoms with Gasteiger partial charge in [-0.25, -0.2) is 4.98 Å². The second kappa shape index (κ2) is 5.10. The highest BCUT2D eigenvalue weighted by Gasteiger charge is 2.02. The van der Waals surface area contributed by atoms with Crippen LogP contribution >= 0.6 is 0 Å². The standard InChI is InChI=1S/C13H17N3O/c1-10-11-4-5-13(17-9-8-16(2)3)15-12(11)6-7-14-10/h4-7H,8-9H2,1-3H3. The van der Waals surface area contributed by atoms with Crippen LogP contribution in [0.5, 0.6) is 5.88 Å². The van der Waals surface area contributed by atoms with Gasteiger partial charge < -0.3 is 9.64 Å². The van der Waals surface area contributed by atoms with Gasteiger partial charge in [0.25, 0.3) is 0 Å². The summed E-state index contributed by atoms with van der Waals surface area (Å²) < 4.78 is 5.59. The van der Waals surface area contributed by atoms with E-state index in [1.54, 1.807) is 6.20 Å². The third-order valence-corrected chi connectivity index (χ3v) is 2.58. The maximum atomic E-state index is 5.59. The largest absolute Gasteiger partial charge is 0.476 e. The lowest BCUT2D eigenvalue weighted by atomic mass is 10.2. The highest BCUT2D eigenvalue weighted by atomic mass is 16.5. The molecule has 4 heteroatoms. The van der Waals surface area contributed by atoms with Gasteiger partial charge in [-0.05, 0) is 33.2 Å². The Morgan fingerprint density at radius 1 is 1.24 bits per heavy atom. The van der Waals surface area contributed by atoms with E-state index in [1.165, 1.54) is 0 Å². The van der Waals surface area contributed by atoms with Crippen molar-refractivity contribution in [2.45, 2.75) is 6.92 Å². The Morgan fingerprint density at radius 2 is 2.06 bits per heavy atom. The molecule has 90 valence electrons. The van der Waals surface area contributed by atoms with E-state index >= 15 is 0 Å². The van der Waals surface area contributed by atoms with Crippen molar-refractivity contribution in [3.8, 4) is 5.88 Å². The fraction of sp³-hybridized carbons (Fsp3) is 0.385. The van der Waals surface area contributed by atoms with Crippen molar-refractivity contribution >= 4 is 10.9 Å². The van der Waals surface area contributed by atoms with Gasteiger partial charge >= 0.3 is 0 Å². The number of ether oxygens (including phenoxy) is 1. The maximum Gasteiger partial charge on any atom is 0.213 e. The molecule has 0 aromatic carbocycles. The van der Waals surface area contributed by atoms with E-state index in [9.17, 15) is 0 Å². The molecular weight excluding hydrogens is 214 g/mol. The summed E-state index contributed by atoms with van der Waals surface area (Å²) >= 11 is 0. The van der Waals surface area contributed by atoms with Crippen molar-refractivity contribution in [2.24, 2.45) is 0 Å². The number of aryl methyl sites for hydroxylation is 1. The SMILES string of the molecule is Cc1nccc2nc(OCCN(C)C)ccc12. The number of pyridine rings is 2. The van der Waals surface area contributed by atoms with Crippen LogP contribution in [0.2, 0.25) is 0 Å². The molecule has 0 saturated carbocycles. The van der Waals surface area contributed by atoms with Gasteiger partial charge in [0.2, 0.25) is 5.88 Å². The van der Waals surface area contributed by atoms with Gasteiger partial charge in [-0.3, -0.25) is 4.98 Å². The molecule has 0 aliphatic heterocycles. The number of aromatic nitrogens is 2. The molecule has 4 nitrogen and oxygen atoms in total. The molecule has 2 aromatic rings. The summed E-state index contributed by atoms with van der Waals surface area (Å²) in [5.74, 6) is 0.671. The Balaban J connectivity index is 2.15. The molecule has 0 aliphatic carbocycles. The predicted molar refractivity (Wildman–Crippen MR) is 68.3 cm³/mol. The lowest BCUT2D eigenvalue weighted by Gasteiger charge is -2.10. The molecule has 2 aromatic heterocycles. The first-order chi connectivity index (χ1) is 8.16. The minimum Gasteiger partial charge on any atom is -0.476 e. The molecule has 0 bridgehead atoms. The molecular formula is C13H17N3O. The quantitative estimate of drug-likeness (QED) is 0.805. The van der Waals surface area contributed by atoms with E-state index in [0.29, 0.717) is 12.5 Å². The number of hydrogen-bond acceptors (Lipinski definition) is 4. The summed E-state index contributed by atoms with van der Waals surface area (Å²) in [6.07, 6.45) is 1.77. The lowest BCUT2D eigenvalue weighted by molar-refractivity contribution is 0.254. The Morgan fingerprint density at radius 3 is 2.82 bits per heavy atom. The highest BCUT2D eigenvalue weighted by molar-refractivity contribution is 5.80. The van der Waals surface area contributed by atoms with Crippen LogP contribution in [0.1, 0.15) is 5.69 Å². The Labute approximate surface area is 101 Å². The summed E-state index contributed by atoms with van der Waals surface area (Å²) in [6.45, 7) is 3.52. The predicted octanol–water partition coefficient (Wildman–Crippen LogP) is 1.88. The number of rotatable bonds is 4. The van der Waals surface area contributed by atoms with Crippen molar-refractivity contribution < 1.29 is 4.74 Å². The summed E-state index contributed by atoms with van der Waals surface area (Å²) in [4.78, 5) is 10.8. The second-order valence-corrected chi connectivity index (χ2v) is 4.26. The minimum atomic E-state index is 0.648. The van der Waals surface area contributed by atoms with E-state index in [1.807, 2.05) is 39.2 Å². The van der Waals surface area contributed by atoms with E-state index in [0.717, 1.165) is 23.1 Å². The lowest BCUT2D eigenvalue weighted by Crippen LogP contribution is -2.19. The topological polar surface area (TPSA) is 38.3 Å². The van der Waals surface area contributed by atoms with Gasteiger partial charge in [-0.15, -0.1) is 0 Å². The summed E-state index contributed by atoms with van der Waals surface area (Å²) in [7, 11) is 4.04. The second-order valence-electron chi connectivity index (χ2n) is 4.26. The molecule has 0 atom stereocenters. The van der Waals surface area contributed by atoms with Gasteiger partial charge in [-0.1, -0.05) is 0 Å². The molecule has 0 saturated heterocycles. The first-order valence-electron chi connectivity index (χ1n) is 5.67. The number of fused-ring (bicyclic) bond motifs is 1. The number of nitrogens with zero attached hydrogens (tertiary/aromatic N) is 3. The molecule has 2 heterocycles. The van der Waals surface area contributed by atoms with Crippen molar-refractivity contribution in [1.29, 1.82) is 0 Å². The monoisotopic (exact) mass is 231 g/mol. The third kappa shape index (κ3) is 2.91. The van der Waals surface area contributed by atoms with Gasteiger partial charge in [-0.2, -0.15) is 0 Å². The van der Waals surface area contributed by atoms with Crippen LogP contribution in [0.25, 0.3) is 10.9 Å². The van der Waals surface area contributed by atoms with Crippen LogP contribution in [-0.4, -0.2) is 42.1 Å². The zero-order valence-electron chi connectivity index (χ0n) is 10.5. The highest BCUT2D eigenvalue weighted by Crippen LogP contribution is 2.17. The molecule has 0 spiro atoms. The Kier molecular flexibility index (Phi) is 3.54. The van der Waals surface area contributed by atoms with Gasteiger partial charge in [0.15, 0.2) is 0 Å². The zero-order chi connectivity index (χ0) is 12.3. The van der Waals surface area contributed by atoms with E-state index < -0.39 is 0 Å². The van der Waals surface area contributed by atoms with Crippen LogP contribution in [0.3, 0.4) is 0 Å². The average Bonchev–Trinajstić information content (AvgIpc) is 2.29. The van der Waals surface area contributed by atoms with Crippen LogP contribution in [0.15, 0.2) is 24.4 Å². The average molecular weight is 231 g/mol. The summed E-state index contributed by atoms with van der Waals surface area (Å²) in [5.41, 5.74) is 1.93. The molecule has 0 radical (unpaired) electrons. The molecule has 0 amide bonds. The van der Waals surface area contributed by atoms with Crippen LogP contribution < -0.4 is 4.74 Å². The number of hydrogen-bond donors (Lipinski definition) is 0. The Hall–Kier alpha value is -1.68. The fourth-order valence-electron chi connectivity index (χ4n) is 1.59. The maximum absolute atomic E-state index is 5.59. The van der Waals surface area contributed by atoms with Crippen molar-refractivity contribution in [1.82, 2.24) is 14.9 Å². The first-order valence-corrected chi connectivity index (χ1v) is 5.67. The number of likely N-dealkylation sites (N-methyl/N-ethyl adjacent to an activating group) is 1. The van der Waals surface area contributed by atoms with Crippen LogP contribution in [0, 0.1) is 6.92 Å². The zero-order valence-corrected chi connectivity index (χ0v) is 10.5.